The maximum Gasteiger partial charge on any atom is 0.238 e. The number of aliphatic hydroxyl groups is 1. The van der Waals surface area contributed by atoms with Crippen LogP contribution in [-0.2, 0) is 20.9 Å². The van der Waals surface area contributed by atoms with Crippen molar-refractivity contribution >= 4 is 17.5 Å². The molecule has 2 fully saturated rings. The topological polar surface area (TPSA) is 108 Å². The highest BCUT2D eigenvalue weighted by Gasteiger charge is 2.32. The number of carbonyl (C=O) groups excluding carboxylic acids is 2. The highest BCUT2D eigenvalue weighted by Crippen LogP contribution is 2.30. The van der Waals surface area contributed by atoms with Crippen molar-refractivity contribution in [2.24, 2.45) is 11.7 Å². The second-order valence-electron chi connectivity index (χ2n) is 8.33. The Morgan fingerprint density at radius 2 is 1.91 bits per heavy atom. The highest BCUT2D eigenvalue weighted by atomic mass is 19.1. The third-order valence-corrected chi connectivity index (χ3v) is 5.87. The number of aliphatic hydroxyl groups excluding tert-OH is 1. The summed E-state index contributed by atoms with van der Waals surface area (Å²) < 4.78 is 20.3. The van der Waals surface area contributed by atoms with Crippen LogP contribution in [-0.4, -0.2) is 60.5 Å². The molecule has 2 amide bonds. The number of halogens is 1. The second-order valence-corrected chi connectivity index (χ2v) is 8.33. The molecule has 2 saturated heterocycles. The van der Waals surface area contributed by atoms with E-state index >= 15 is 0 Å². The van der Waals surface area contributed by atoms with Crippen molar-refractivity contribution in [3.05, 3.63) is 53.8 Å². The lowest BCUT2D eigenvalue weighted by Gasteiger charge is -2.37. The molecule has 4 N–H and O–H groups in total. The zero-order valence-electron chi connectivity index (χ0n) is 17.8. The molecule has 0 aromatic heterocycles. The zero-order valence-corrected chi connectivity index (χ0v) is 17.8. The van der Waals surface area contributed by atoms with Gasteiger partial charge in [-0.25, -0.2) is 4.39 Å². The minimum atomic E-state index is -1.20. The molecule has 2 aromatic rings. The number of rotatable bonds is 7. The Balaban J connectivity index is 1.39. The Hall–Kier alpha value is -3.01. The van der Waals surface area contributed by atoms with Gasteiger partial charge in [-0.3, -0.25) is 14.5 Å². The van der Waals surface area contributed by atoms with E-state index in [0.29, 0.717) is 30.9 Å². The Bertz CT molecular complexity index is 994. The van der Waals surface area contributed by atoms with E-state index in [9.17, 15) is 19.1 Å². The number of amides is 2. The molecule has 32 heavy (non-hydrogen) atoms. The fourth-order valence-corrected chi connectivity index (χ4v) is 4.04. The standard InChI is InChI=1S/C23H27FN4O4/c1-14(29)26-9-19-13-28(23(31)32-19)18-6-7-20(21(24)8-18)16-4-2-15(3-5-16)10-27-11-17(12-27)22(25)30/h2-8,17,19,23,31H,9-13H2,1H3,(H2,25,30)(H,26,29)/t19-,23?/m0/s1. The van der Waals surface area contributed by atoms with E-state index in [4.69, 9.17) is 10.5 Å². The SMILES string of the molecule is CC(=O)NC[C@H]1CN(c2ccc(-c3ccc(CN4CC(C(N)=O)C4)cc3)c(F)c2)C(O)O1. The number of benzene rings is 2. The lowest BCUT2D eigenvalue weighted by molar-refractivity contribution is -0.127. The predicted octanol–water partition coefficient (Wildman–Crippen LogP) is 1.03. The van der Waals surface area contributed by atoms with Crippen LogP contribution in [0.5, 0.6) is 0 Å². The molecule has 2 heterocycles. The number of nitrogens with one attached hydrogen (secondary N) is 1. The maximum atomic E-state index is 14.9. The Kier molecular flexibility index (Phi) is 6.40. The van der Waals surface area contributed by atoms with Crippen LogP contribution >= 0.6 is 0 Å². The molecule has 9 heteroatoms. The molecule has 2 aromatic carbocycles. The number of hydrogen-bond donors (Lipinski definition) is 3. The van der Waals surface area contributed by atoms with E-state index < -0.39 is 12.2 Å². The van der Waals surface area contributed by atoms with Gasteiger partial charge < -0.3 is 25.8 Å². The Labute approximate surface area is 185 Å². The van der Waals surface area contributed by atoms with Crippen LogP contribution in [0, 0.1) is 11.7 Å². The average molecular weight is 442 g/mol. The van der Waals surface area contributed by atoms with Crippen molar-refractivity contribution < 1.29 is 23.8 Å². The molecule has 0 saturated carbocycles. The smallest absolute Gasteiger partial charge is 0.238 e. The van der Waals surface area contributed by atoms with Crippen LogP contribution in [0.1, 0.15) is 12.5 Å². The third kappa shape index (κ3) is 4.90. The third-order valence-electron chi connectivity index (χ3n) is 5.87. The van der Waals surface area contributed by atoms with Crippen molar-refractivity contribution in [2.45, 2.75) is 26.0 Å². The van der Waals surface area contributed by atoms with Crippen LogP contribution in [0.2, 0.25) is 0 Å². The summed E-state index contributed by atoms with van der Waals surface area (Å²) in [5.41, 5.74) is 8.09. The number of hydrogen-bond acceptors (Lipinski definition) is 6. The first-order valence-electron chi connectivity index (χ1n) is 10.6. The Morgan fingerprint density at radius 1 is 1.19 bits per heavy atom. The molecule has 2 aliphatic rings. The number of nitrogens with zero attached hydrogens (tertiary/aromatic N) is 2. The normalized spacial score (nSPS) is 21.4. The highest BCUT2D eigenvalue weighted by molar-refractivity contribution is 5.78. The number of nitrogens with two attached hydrogens (primary N) is 1. The first-order chi connectivity index (χ1) is 15.3. The quantitative estimate of drug-likeness (QED) is 0.591. The number of anilines is 1. The van der Waals surface area contributed by atoms with Gasteiger partial charge in [0.2, 0.25) is 18.2 Å². The summed E-state index contributed by atoms with van der Waals surface area (Å²) in [5, 5.41) is 12.8. The van der Waals surface area contributed by atoms with Crippen molar-refractivity contribution in [2.75, 3.05) is 31.1 Å². The van der Waals surface area contributed by atoms with Crippen LogP contribution in [0.3, 0.4) is 0 Å². The van der Waals surface area contributed by atoms with Gasteiger partial charge in [0.25, 0.3) is 0 Å². The van der Waals surface area contributed by atoms with Gasteiger partial charge in [0.05, 0.1) is 18.6 Å². The molecule has 2 atom stereocenters. The molecule has 0 bridgehead atoms. The minimum absolute atomic E-state index is 0.0675. The summed E-state index contributed by atoms with van der Waals surface area (Å²) in [4.78, 5) is 25.9. The summed E-state index contributed by atoms with van der Waals surface area (Å²) in [6, 6.07) is 12.4. The number of likely N-dealkylation sites (tertiary alicyclic amines) is 1. The molecule has 0 spiro atoms. The lowest BCUT2D eigenvalue weighted by Crippen LogP contribution is -2.51. The van der Waals surface area contributed by atoms with E-state index in [1.807, 2.05) is 24.3 Å². The van der Waals surface area contributed by atoms with E-state index in [1.165, 1.54) is 13.0 Å². The first kappa shape index (κ1) is 22.2. The summed E-state index contributed by atoms with van der Waals surface area (Å²) in [6.45, 7) is 4.08. The van der Waals surface area contributed by atoms with E-state index in [1.54, 1.807) is 17.0 Å². The molecular formula is C23H27FN4O4. The number of ether oxygens (including phenoxy) is 1. The van der Waals surface area contributed by atoms with Crippen LogP contribution in [0.25, 0.3) is 11.1 Å². The second kappa shape index (κ2) is 9.23. The first-order valence-corrected chi connectivity index (χ1v) is 10.6. The van der Waals surface area contributed by atoms with Crippen molar-refractivity contribution in [1.29, 1.82) is 0 Å². The fourth-order valence-electron chi connectivity index (χ4n) is 4.04. The molecule has 1 unspecified atom stereocenters. The average Bonchev–Trinajstić information content (AvgIpc) is 3.09. The number of primary amides is 1. The van der Waals surface area contributed by atoms with Gasteiger partial charge in [-0.2, -0.15) is 0 Å². The molecule has 0 radical (unpaired) electrons. The van der Waals surface area contributed by atoms with Gasteiger partial charge in [-0.1, -0.05) is 24.3 Å². The van der Waals surface area contributed by atoms with Gasteiger partial charge >= 0.3 is 0 Å². The van der Waals surface area contributed by atoms with Crippen LogP contribution in [0.15, 0.2) is 42.5 Å². The predicted molar refractivity (Wildman–Crippen MR) is 117 cm³/mol. The summed E-state index contributed by atoms with van der Waals surface area (Å²) in [6.07, 6.45) is -1.58. The molecule has 4 rings (SSSR count). The van der Waals surface area contributed by atoms with Crippen molar-refractivity contribution in [3.8, 4) is 11.1 Å². The molecule has 8 nitrogen and oxygen atoms in total. The van der Waals surface area contributed by atoms with Gasteiger partial charge in [-0.15, -0.1) is 0 Å². The van der Waals surface area contributed by atoms with Crippen LogP contribution in [0.4, 0.5) is 10.1 Å². The minimum Gasteiger partial charge on any atom is -0.369 e. The zero-order chi connectivity index (χ0) is 22.8. The fraction of sp³-hybridized carbons (Fsp3) is 0.391. The van der Waals surface area contributed by atoms with Gasteiger partial charge in [0.1, 0.15) is 5.82 Å². The van der Waals surface area contributed by atoms with Gasteiger partial charge in [-0.05, 0) is 29.3 Å². The molecule has 2 aliphatic heterocycles. The largest absolute Gasteiger partial charge is 0.369 e. The Morgan fingerprint density at radius 3 is 2.53 bits per heavy atom. The van der Waals surface area contributed by atoms with Crippen molar-refractivity contribution in [3.63, 3.8) is 0 Å². The maximum absolute atomic E-state index is 14.9. The van der Waals surface area contributed by atoms with Crippen molar-refractivity contribution in [1.82, 2.24) is 10.2 Å². The molecule has 170 valence electrons. The summed E-state index contributed by atoms with van der Waals surface area (Å²) >= 11 is 0. The lowest BCUT2D eigenvalue weighted by atomic mass is 9.98. The van der Waals surface area contributed by atoms with Gasteiger partial charge in [0.15, 0.2) is 0 Å². The summed E-state index contributed by atoms with van der Waals surface area (Å²) in [7, 11) is 0. The molecule has 0 aliphatic carbocycles. The molecular weight excluding hydrogens is 415 g/mol. The van der Waals surface area contributed by atoms with E-state index in [0.717, 1.165) is 17.7 Å². The van der Waals surface area contributed by atoms with E-state index in [-0.39, 0.29) is 30.4 Å². The summed E-state index contributed by atoms with van der Waals surface area (Å²) in [5.74, 6) is -0.906. The number of carbonyl (C=O) groups is 2. The van der Waals surface area contributed by atoms with Gasteiger partial charge in [0, 0.05) is 44.4 Å². The van der Waals surface area contributed by atoms with Crippen LogP contribution < -0.4 is 16.0 Å². The van der Waals surface area contributed by atoms with E-state index in [2.05, 4.69) is 10.2 Å². The monoisotopic (exact) mass is 442 g/mol.